The minimum absolute atomic E-state index is 0.278. The fourth-order valence-corrected chi connectivity index (χ4v) is 2.02. The number of nitrogens with zero attached hydrogens (tertiary/aromatic N) is 1. The van der Waals surface area contributed by atoms with Gasteiger partial charge in [0, 0.05) is 12.6 Å². The highest BCUT2D eigenvalue weighted by Gasteiger charge is 2.31. The minimum Gasteiger partial charge on any atom is -0.496 e. The van der Waals surface area contributed by atoms with E-state index < -0.39 is 11.7 Å². The van der Waals surface area contributed by atoms with Crippen LogP contribution in [0.25, 0.3) is 0 Å². The van der Waals surface area contributed by atoms with E-state index in [1.807, 2.05) is 13.0 Å². The van der Waals surface area contributed by atoms with Crippen LogP contribution in [0.2, 0.25) is 0 Å². The predicted molar refractivity (Wildman–Crippen MR) is 68.9 cm³/mol. The summed E-state index contributed by atoms with van der Waals surface area (Å²) in [5.74, 6) is 0.741. The molecule has 0 radical (unpaired) electrons. The van der Waals surface area contributed by atoms with Crippen molar-refractivity contribution in [3.05, 3.63) is 41.4 Å². The Labute approximate surface area is 115 Å². The highest BCUT2D eigenvalue weighted by Crippen LogP contribution is 2.30. The van der Waals surface area contributed by atoms with Gasteiger partial charge in [-0.15, -0.1) is 0 Å². The third-order valence-electron chi connectivity index (χ3n) is 3.02. The summed E-state index contributed by atoms with van der Waals surface area (Å²) in [7, 11) is 0. The third-order valence-corrected chi connectivity index (χ3v) is 3.02. The molecule has 2 heterocycles. The zero-order valence-electron chi connectivity index (χ0n) is 11.2. The molecule has 0 saturated heterocycles. The molecule has 1 aliphatic rings. The summed E-state index contributed by atoms with van der Waals surface area (Å²) in [4.78, 5) is 3.94. The predicted octanol–water partition coefficient (Wildman–Crippen LogP) is 3.45. The van der Waals surface area contributed by atoms with Crippen LogP contribution < -0.4 is 5.32 Å². The van der Waals surface area contributed by atoms with Gasteiger partial charge in [0.1, 0.15) is 11.8 Å². The first-order chi connectivity index (χ1) is 9.52. The smallest absolute Gasteiger partial charge is 0.417 e. The molecule has 1 unspecified atom stereocenters. The number of hydrogen-bond donors (Lipinski definition) is 1. The summed E-state index contributed by atoms with van der Waals surface area (Å²) < 4.78 is 43.1. The number of pyridine rings is 1. The Hall–Kier alpha value is -1.56. The van der Waals surface area contributed by atoms with Gasteiger partial charge in [0.15, 0.2) is 0 Å². The Bertz CT molecular complexity index is 468. The number of halogens is 3. The van der Waals surface area contributed by atoms with Gasteiger partial charge in [0.05, 0.1) is 17.9 Å². The van der Waals surface area contributed by atoms with Crippen molar-refractivity contribution < 1.29 is 17.9 Å². The molecular formula is C14H17F3N2O. The normalized spacial score (nSPS) is 16.7. The number of alkyl halides is 3. The van der Waals surface area contributed by atoms with Crippen molar-refractivity contribution in [2.75, 3.05) is 13.2 Å². The highest BCUT2D eigenvalue weighted by atomic mass is 19.4. The first-order valence-corrected chi connectivity index (χ1v) is 6.61. The van der Waals surface area contributed by atoms with Crippen LogP contribution in [0.5, 0.6) is 0 Å². The molecule has 2 rings (SSSR count). The molecule has 0 saturated carbocycles. The molecule has 0 bridgehead atoms. The first kappa shape index (κ1) is 14.8. The molecule has 110 valence electrons. The van der Waals surface area contributed by atoms with Crippen LogP contribution in [-0.2, 0) is 10.9 Å². The van der Waals surface area contributed by atoms with Crippen molar-refractivity contribution in [1.29, 1.82) is 0 Å². The molecule has 1 aromatic rings. The number of aromatic nitrogens is 1. The summed E-state index contributed by atoms with van der Waals surface area (Å²) in [5, 5.41) is 3.25. The Balaban J connectivity index is 2.20. The number of nitrogens with one attached hydrogen (secondary N) is 1. The Morgan fingerprint density at radius 1 is 1.40 bits per heavy atom. The van der Waals surface area contributed by atoms with E-state index in [9.17, 15) is 13.2 Å². The Kier molecular flexibility index (Phi) is 4.65. The highest BCUT2D eigenvalue weighted by molar-refractivity contribution is 5.24. The second-order valence-electron chi connectivity index (χ2n) is 4.60. The quantitative estimate of drug-likeness (QED) is 0.900. The topological polar surface area (TPSA) is 34.1 Å². The van der Waals surface area contributed by atoms with Crippen LogP contribution in [0.3, 0.4) is 0 Å². The van der Waals surface area contributed by atoms with Gasteiger partial charge in [-0.25, -0.2) is 0 Å². The van der Waals surface area contributed by atoms with Gasteiger partial charge in [-0.3, -0.25) is 4.98 Å². The van der Waals surface area contributed by atoms with Crippen molar-refractivity contribution in [2.45, 2.75) is 32.0 Å². The first-order valence-electron chi connectivity index (χ1n) is 6.61. The number of rotatable bonds is 5. The van der Waals surface area contributed by atoms with Crippen LogP contribution in [0, 0.1) is 0 Å². The van der Waals surface area contributed by atoms with E-state index in [2.05, 4.69) is 10.3 Å². The summed E-state index contributed by atoms with van der Waals surface area (Å²) >= 11 is 0. The van der Waals surface area contributed by atoms with Crippen LogP contribution >= 0.6 is 0 Å². The fourth-order valence-electron chi connectivity index (χ4n) is 2.02. The number of ether oxygens (including phenoxy) is 1. The van der Waals surface area contributed by atoms with Crippen molar-refractivity contribution >= 4 is 0 Å². The molecule has 1 aliphatic heterocycles. The maximum atomic E-state index is 12.5. The average Bonchev–Trinajstić information content (AvgIpc) is 2.93. The van der Waals surface area contributed by atoms with Crippen LogP contribution in [0.1, 0.15) is 37.1 Å². The maximum absolute atomic E-state index is 12.5. The molecule has 0 spiro atoms. The van der Waals surface area contributed by atoms with Gasteiger partial charge in [-0.2, -0.15) is 13.2 Å². The summed E-state index contributed by atoms with van der Waals surface area (Å²) in [6.07, 6.45) is 0.198. The fraction of sp³-hybridized carbons (Fsp3) is 0.500. The molecule has 1 atom stereocenters. The lowest BCUT2D eigenvalue weighted by atomic mass is 10.1. The van der Waals surface area contributed by atoms with Crippen LogP contribution in [-0.4, -0.2) is 18.1 Å². The van der Waals surface area contributed by atoms with E-state index in [-0.39, 0.29) is 6.04 Å². The van der Waals surface area contributed by atoms with E-state index in [1.165, 1.54) is 6.07 Å². The monoisotopic (exact) mass is 286 g/mol. The zero-order valence-corrected chi connectivity index (χ0v) is 11.2. The van der Waals surface area contributed by atoms with Crippen LogP contribution in [0.15, 0.2) is 30.2 Å². The number of hydrogen-bond acceptors (Lipinski definition) is 3. The average molecular weight is 286 g/mol. The summed E-state index contributed by atoms with van der Waals surface area (Å²) in [6, 6.07) is 2.18. The van der Waals surface area contributed by atoms with Gasteiger partial charge < -0.3 is 10.1 Å². The molecule has 3 nitrogen and oxygen atoms in total. The molecule has 1 N–H and O–H groups in total. The molecule has 6 heteroatoms. The van der Waals surface area contributed by atoms with Crippen molar-refractivity contribution in [3.63, 3.8) is 0 Å². The van der Waals surface area contributed by atoms with Crippen LogP contribution in [0.4, 0.5) is 13.2 Å². The Morgan fingerprint density at radius 3 is 2.70 bits per heavy atom. The largest absolute Gasteiger partial charge is 0.496 e. The van der Waals surface area contributed by atoms with Gasteiger partial charge in [0.25, 0.3) is 0 Å². The summed E-state index contributed by atoms with van der Waals surface area (Å²) in [6.45, 7) is 3.38. The molecule has 0 fully saturated rings. The Morgan fingerprint density at radius 2 is 2.20 bits per heavy atom. The molecule has 0 aliphatic carbocycles. The van der Waals surface area contributed by atoms with Gasteiger partial charge >= 0.3 is 6.18 Å². The van der Waals surface area contributed by atoms with E-state index in [4.69, 9.17) is 4.74 Å². The molecule has 1 aromatic heterocycles. The van der Waals surface area contributed by atoms with Gasteiger partial charge in [0.2, 0.25) is 0 Å². The molecule has 0 aromatic carbocycles. The third kappa shape index (κ3) is 3.50. The minimum atomic E-state index is -4.36. The van der Waals surface area contributed by atoms with Gasteiger partial charge in [-0.05, 0) is 31.2 Å². The standard InChI is InChI=1S/C14H17F3N2O/c1-2-7-18-13(12-4-3-8-20-12)11-6-5-10(9-19-11)14(15,16)17/h4-6,9,13,18H,2-3,7-8H2,1H3. The lowest BCUT2D eigenvalue weighted by Crippen LogP contribution is -2.25. The molecular weight excluding hydrogens is 269 g/mol. The summed E-state index contributed by atoms with van der Waals surface area (Å²) in [5.41, 5.74) is -0.198. The van der Waals surface area contributed by atoms with E-state index >= 15 is 0 Å². The second kappa shape index (κ2) is 6.26. The zero-order chi connectivity index (χ0) is 14.6. The molecule has 20 heavy (non-hydrogen) atoms. The molecule has 0 amide bonds. The van der Waals surface area contributed by atoms with Crippen molar-refractivity contribution in [3.8, 4) is 0 Å². The lowest BCUT2D eigenvalue weighted by Gasteiger charge is -2.19. The lowest BCUT2D eigenvalue weighted by molar-refractivity contribution is -0.137. The van der Waals surface area contributed by atoms with Crippen molar-refractivity contribution in [1.82, 2.24) is 10.3 Å². The van der Waals surface area contributed by atoms with Gasteiger partial charge in [-0.1, -0.05) is 6.92 Å². The SMILES string of the molecule is CCCNC(C1=CCCO1)c1ccc(C(F)(F)F)cn1. The van der Waals surface area contributed by atoms with E-state index in [0.717, 1.165) is 37.4 Å². The maximum Gasteiger partial charge on any atom is 0.417 e. The second-order valence-corrected chi connectivity index (χ2v) is 4.60. The van der Waals surface area contributed by atoms with Crippen molar-refractivity contribution in [2.24, 2.45) is 0 Å². The van der Waals surface area contributed by atoms with E-state index in [1.54, 1.807) is 0 Å². The van der Waals surface area contributed by atoms with E-state index in [0.29, 0.717) is 12.3 Å².